The molecule has 2 rings (SSSR count). The highest BCUT2D eigenvalue weighted by molar-refractivity contribution is 5.96. The van der Waals surface area contributed by atoms with Crippen molar-refractivity contribution in [1.29, 1.82) is 0 Å². The molecule has 0 saturated carbocycles. The number of rotatable bonds is 6. The van der Waals surface area contributed by atoms with Gasteiger partial charge in [0.05, 0.1) is 14.2 Å². The molecular weight excluding hydrogens is 280 g/mol. The molecule has 4 heteroatoms. The molecule has 0 aliphatic rings. The summed E-state index contributed by atoms with van der Waals surface area (Å²) < 4.78 is 10.6. The number of carbonyl (C=O) groups excluding carboxylic acids is 1. The number of methoxy groups -OCH3 is 2. The topological polar surface area (TPSA) is 55.8 Å². The van der Waals surface area contributed by atoms with Crippen molar-refractivity contribution < 1.29 is 19.4 Å². The van der Waals surface area contributed by atoms with Crippen LogP contribution in [-0.2, 0) is 6.42 Å². The zero-order valence-corrected chi connectivity index (χ0v) is 13.1. The second kappa shape index (κ2) is 6.98. The lowest BCUT2D eigenvalue weighted by atomic mass is 10.0. The Bertz CT molecular complexity index is 677. The van der Waals surface area contributed by atoms with E-state index in [9.17, 15) is 9.90 Å². The molecule has 0 heterocycles. The van der Waals surface area contributed by atoms with Crippen LogP contribution < -0.4 is 9.47 Å². The van der Waals surface area contributed by atoms with E-state index in [1.165, 1.54) is 6.07 Å². The van der Waals surface area contributed by atoms with Gasteiger partial charge in [-0.2, -0.15) is 0 Å². The zero-order valence-electron chi connectivity index (χ0n) is 13.1. The molecule has 0 bridgehead atoms. The van der Waals surface area contributed by atoms with Crippen molar-refractivity contribution in [1.82, 2.24) is 0 Å². The van der Waals surface area contributed by atoms with Crippen LogP contribution in [0.3, 0.4) is 0 Å². The van der Waals surface area contributed by atoms with E-state index in [0.717, 1.165) is 11.1 Å². The van der Waals surface area contributed by atoms with Gasteiger partial charge in [-0.05, 0) is 42.7 Å². The Morgan fingerprint density at radius 2 is 1.91 bits per heavy atom. The molecule has 0 spiro atoms. The van der Waals surface area contributed by atoms with Crippen molar-refractivity contribution in [3.8, 4) is 17.2 Å². The number of aryl methyl sites for hydroxylation is 2. The summed E-state index contributed by atoms with van der Waals surface area (Å²) in [7, 11) is 3.20. The predicted molar refractivity (Wildman–Crippen MR) is 85.0 cm³/mol. The summed E-state index contributed by atoms with van der Waals surface area (Å²) in [5.41, 5.74) is 2.52. The molecule has 2 aromatic rings. The first-order chi connectivity index (χ1) is 10.5. The number of carbonyl (C=O) groups is 1. The highest BCUT2D eigenvalue weighted by Crippen LogP contribution is 2.32. The molecule has 0 aliphatic carbocycles. The van der Waals surface area contributed by atoms with Crippen LogP contribution in [-0.4, -0.2) is 25.1 Å². The lowest BCUT2D eigenvalue weighted by Gasteiger charge is -2.12. The second-order valence-corrected chi connectivity index (χ2v) is 5.12. The summed E-state index contributed by atoms with van der Waals surface area (Å²) in [6.45, 7) is 1.95. The molecule has 1 N–H and O–H groups in total. The first kappa shape index (κ1) is 15.9. The SMILES string of the molecule is COc1cc(CCC(=O)c2cccc(O)c2)cc(C)c1OC. The molecule has 2 aromatic carbocycles. The Balaban J connectivity index is 2.11. The van der Waals surface area contributed by atoms with Crippen molar-refractivity contribution in [3.63, 3.8) is 0 Å². The maximum absolute atomic E-state index is 12.2. The maximum atomic E-state index is 12.2. The third-order valence-electron chi connectivity index (χ3n) is 3.53. The predicted octanol–water partition coefficient (Wildman–Crippen LogP) is 3.53. The van der Waals surface area contributed by atoms with Crippen molar-refractivity contribution in [3.05, 3.63) is 53.1 Å². The molecule has 0 aromatic heterocycles. The van der Waals surface area contributed by atoms with Gasteiger partial charge >= 0.3 is 0 Å². The van der Waals surface area contributed by atoms with Crippen LogP contribution in [0.25, 0.3) is 0 Å². The second-order valence-electron chi connectivity index (χ2n) is 5.12. The minimum Gasteiger partial charge on any atom is -0.508 e. The molecule has 0 aliphatic heterocycles. The van der Waals surface area contributed by atoms with Crippen LogP contribution in [0, 0.1) is 6.92 Å². The van der Waals surface area contributed by atoms with Crippen LogP contribution in [0.4, 0.5) is 0 Å². The number of phenolic OH excluding ortho intramolecular Hbond substituents is 1. The van der Waals surface area contributed by atoms with Crippen molar-refractivity contribution in [2.24, 2.45) is 0 Å². The van der Waals surface area contributed by atoms with Gasteiger partial charge < -0.3 is 14.6 Å². The van der Waals surface area contributed by atoms with Gasteiger partial charge in [0, 0.05) is 12.0 Å². The molecule has 0 radical (unpaired) electrons. The molecule has 22 heavy (non-hydrogen) atoms. The summed E-state index contributed by atoms with van der Waals surface area (Å²) in [5, 5.41) is 9.43. The largest absolute Gasteiger partial charge is 0.508 e. The van der Waals surface area contributed by atoms with E-state index in [0.29, 0.717) is 29.9 Å². The number of phenols is 1. The molecule has 0 fully saturated rings. The van der Waals surface area contributed by atoms with Gasteiger partial charge in [-0.25, -0.2) is 0 Å². The lowest BCUT2D eigenvalue weighted by Crippen LogP contribution is -2.02. The Kier molecular flexibility index (Phi) is 5.04. The van der Waals surface area contributed by atoms with E-state index in [2.05, 4.69) is 0 Å². The normalized spacial score (nSPS) is 10.3. The van der Waals surface area contributed by atoms with Crippen LogP contribution in [0.2, 0.25) is 0 Å². The number of benzene rings is 2. The Hall–Kier alpha value is -2.49. The lowest BCUT2D eigenvalue weighted by molar-refractivity contribution is 0.0982. The third kappa shape index (κ3) is 3.58. The summed E-state index contributed by atoms with van der Waals surface area (Å²) in [6, 6.07) is 10.3. The van der Waals surface area contributed by atoms with Gasteiger partial charge in [0.2, 0.25) is 0 Å². The first-order valence-corrected chi connectivity index (χ1v) is 7.09. The van der Waals surface area contributed by atoms with E-state index in [-0.39, 0.29) is 11.5 Å². The van der Waals surface area contributed by atoms with Gasteiger partial charge in [0.15, 0.2) is 17.3 Å². The number of hydrogen-bond acceptors (Lipinski definition) is 4. The number of hydrogen-bond donors (Lipinski definition) is 1. The Morgan fingerprint density at radius 3 is 2.55 bits per heavy atom. The van der Waals surface area contributed by atoms with Crippen molar-refractivity contribution in [2.45, 2.75) is 19.8 Å². The van der Waals surface area contributed by atoms with E-state index >= 15 is 0 Å². The Labute approximate surface area is 130 Å². The smallest absolute Gasteiger partial charge is 0.163 e. The minimum absolute atomic E-state index is 0.00309. The van der Waals surface area contributed by atoms with E-state index < -0.39 is 0 Å². The highest BCUT2D eigenvalue weighted by Gasteiger charge is 2.11. The highest BCUT2D eigenvalue weighted by atomic mass is 16.5. The van der Waals surface area contributed by atoms with E-state index in [1.54, 1.807) is 32.4 Å². The summed E-state index contributed by atoms with van der Waals surface area (Å²) in [4.78, 5) is 12.2. The van der Waals surface area contributed by atoms with Gasteiger partial charge in [0.1, 0.15) is 5.75 Å². The molecule has 0 saturated heterocycles. The number of Topliss-reactive ketones (excluding diaryl/α,β-unsaturated/α-hetero) is 1. The molecular formula is C18H20O4. The third-order valence-corrected chi connectivity index (χ3v) is 3.53. The average Bonchev–Trinajstić information content (AvgIpc) is 2.51. The fraction of sp³-hybridized carbons (Fsp3) is 0.278. The average molecular weight is 300 g/mol. The minimum atomic E-state index is 0.00309. The quantitative estimate of drug-likeness (QED) is 0.829. The maximum Gasteiger partial charge on any atom is 0.163 e. The summed E-state index contributed by atoms with van der Waals surface area (Å²) in [6.07, 6.45) is 0.980. The fourth-order valence-corrected chi connectivity index (χ4v) is 2.45. The van der Waals surface area contributed by atoms with E-state index in [4.69, 9.17) is 9.47 Å². The van der Waals surface area contributed by atoms with Crippen LogP contribution in [0.1, 0.15) is 27.9 Å². The van der Waals surface area contributed by atoms with Crippen LogP contribution in [0.15, 0.2) is 36.4 Å². The first-order valence-electron chi connectivity index (χ1n) is 7.09. The number of ether oxygens (including phenoxy) is 2. The molecule has 4 nitrogen and oxygen atoms in total. The van der Waals surface area contributed by atoms with Gasteiger partial charge in [0.25, 0.3) is 0 Å². The summed E-state index contributed by atoms with van der Waals surface area (Å²) in [5.74, 6) is 1.49. The van der Waals surface area contributed by atoms with E-state index in [1.807, 2.05) is 19.1 Å². The van der Waals surface area contributed by atoms with Crippen molar-refractivity contribution in [2.75, 3.05) is 14.2 Å². The number of ketones is 1. The van der Waals surface area contributed by atoms with Crippen LogP contribution in [0.5, 0.6) is 17.2 Å². The van der Waals surface area contributed by atoms with Gasteiger partial charge in [-0.1, -0.05) is 18.2 Å². The van der Waals surface area contributed by atoms with Gasteiger partial charge in [-0.15, -0.1) is 0 Å². The molecule has 0 atom stereocenters. The molecule has 116 valence electrons. The zero-order chi connectivity index (χ0) is 16.1. The van der Waals surface area contributed by atoms with Crippen LogP contribution >= 0.6 is 0 Å². The number of aromatic hydroxyl groups is 1. The molecule has 0 unspecified atom stereocenters. The van der Waals surface area contributed by atoms with Crippen molar-refractivity contribution >= 4 is 5.78 Å². The fourth-order valence-electron chi connectivity index (χ4n) is 2.45. The monoisotopic (exact) mass is 300 g/mol. The van der Waals surface area contributed by atoms with Gasteiger partial charge in [-0.3, -0.25) is 4.79 Å². The standard InChI is InChI=1S/C18H20O4/c1-12-9-13(10-17(21-2)18(12)22-3)7-8-16(20)14-5-4-6-15(19)11-14/h4-6,9-11,19H,7-8H2,1-3H3. The molecule has 0 amide bonds. The summed E-state index contributed by atoms with van der Waals surface area (Å²) >= 11 is 0. The Morgan fingerprint density at radius 1 is 1.14 bits per heavy atom.